The van der Waals surface area contributed by atoms with E-state index in [2.05, 4.69) is 16.0 Å². The average molecular weight is 275 g/mol. The molecule has 0 fully saturated rings. The minimum atomic E-state index is -0.855. The summed E-state index contributed by atoms with van der Waals surface area (Å²) in [4.78, 5) is 35.7. The Morgan fingerprint density at radius 2 is 2.05 bits per heavy atom. The normalized spacial score (nSPS) is 17.6. The molecular formula is C14H17N3O3. The van der Waals surface area contributed by atoms with Crippen molar-refractivity contribution in [2.75, 3.05) is 11.9 Å². The molecular weight excluding hydrogens is 258 g/mol. The molecule has 0 unspecified atom stereocenters. The summed E-state index contributed by atoms with van der Waals surface area (Å²) in [5, 5.41) is 7.93. The lowest BCUT2D eigenvalue weighted by atomic mass is 10.1. The second-order valence-electron chi connectivity index (χ2n) is 4.61. The molecule has 0 spiro atoms. The molecule has 20 heavy (non-hydrogen) atoms. The fraction of sp³-hybridized carbons (Fsp3) is 0.357. The number of hydrogen-bond acceptors (Lipinski definition) is 3. The Morgan fingerprint density at radius 3 is 2.80 bits per heavy atom. The van der Waals surface area contributed by atoms with Gasteiger partial charge in [0.15, 0.2) is 0 Å². The Morgan fingerprint density at radius 1 is 1.30 bits per heavy atom. The summed E-state index contributed by atoms with van der Waals surface area (Å²) < 4.78 is 0. The van der Waals surface area contributed by atoms with E-state index in [1.165, 1.54) is 0 Å². The fourth-order valence-electron chi connectivity index (χ4n) is 1.98. The number of carbonyl (C=O) groups excluding carboxylic acids is 3. The first-order chi connectivity index (χ1) is 9.61. The van der Waals surface area contributed by atoms with Gasteiger partial charge >= 0.3 is 0 Å². The maximum atomic E-state index is 12.0. The molecule has 1 atom stereocenters. The standard InChI is InChI=1S/C14H17N3O3/c1-2-7-15-12(18)8-11-14(20)16-10-6-4-3-5-9(10)13(19)17-11/h3-6,11H,2,7-8H2,1H3,(H,15,18)(H,16,20)(H,17,19)/t11-/m1/s1. The molecule has 3 N–H and O–H groups in total. The quantitative estimate of drug-likeness (QED) is 0.754. The van der Waals surface area contributed by atoms with Crippen molar-refractivity contribution in [3.05, 3.63) is 29.8 Å². The molecule has 0 saturated heterocycles. The molecule has 6 heteroatoms. The van der Waals surface area contributed by atoms with Crippen LogP contribution >= 0.6 is 0 Å². The predicted octanol–water partition coefficient (Wildman–Crippen LogP) is 0.653. The van der Waals surface area contributed by atoms with Crippen LogP contribution in [-0.2, 0) is 9.59 Å². The van der Waals surface area contributed by atoms with Gasteiger partial charge in [-0.3, -0.25) is 14.4 Å². The zero-order valence-corrected chi connectivity index (χ0v) is 11.2. The largest absolute Gasteiger partial charge is 0.356 e. The lowest BCUT2D eigenvalue weighted by molar-refractivity contribution is -0.125. The Bertz CT molecular complexity index is 542. The lowest BCUT2D eigenvalue weighted by Crippen LogP contribution is -2.44. The van der Waals surface area contributed by atoms with Gasteiger partial charge in [0.2, 0.25) is 11.8 Å². The average Bonchev–Trinajstić information content (AvgIpc) is 2.55. The summed E-state index contributed by atoms with van der Waals surface area (Å²) in [6, 6.07) is 5.89. The number of amides is 3. The van der Waals surface area contributed by atoms with Gasteiger partial charge in [-0.25, -0.2) is 0 Å². The third-order valence-electron chi connectivity index (χ3n) is 3.01. The van der Waals surface area contributed by atoms with Crippen molar-refractivity contribution < 1.29 is 14.4 Å². The molecule has 0 radical (unpaired) electrons. The van der Waals surface area contributed by atoms with E-state index in [0.717, 1.165) is 6.42 Å². The van der Waals surface area contributed by atoms with E-state index in [-0.39, 0.29) is 24.1 Å². The van der Waals surface area contributed by atoms with Gasteiger partial charge in [-0.15, -0.1) is 0 Å². The van der Waals surface area contributed by atoms with Gasteiger partial charge < -0.3 is 16.0 Å². The minimum Gasteiger partial charge on any atom is -0.356 e. The van der Waals surface area contributed by atoms with E-state index in [1.54, 1.807) is 24.3 Å². The summed E-state index contributed by atoms with van der Waals surface area (Å²) in [7, 11) is 0. The number of benzene rings is 1. The van der Waals surface area contributed by atoms with E-state index >= 15 is 0 Å². The Hall–Kier alpha value is -2.37. The SMILES string of the molecule is CCCNC(=O)C[C@H]1NC(=O)c2ccccc2NC1=O. The molecule has 6 nitrogen and oxygen atoms in total. The number of para-hydroxylation sites is 1. The molecule has 2 rings (SSSR count). The molecule has 1 aliphatic rings. The van der Waals surface area contributed by atoms with Gasteiger partial charge in [0.25, 0.3) is 5.91 Å². The monoisotopic (exact) mass is 275 g/mol. The van der Waals surface area contributed by atoms with Gasteiger partial charge in [-0.05, 0) is 18.6 Å². The van der Waals surface area contributed by atoms with Crippen LogP contribution in [0.2, 0.25) is 0 Å². The van der Waals surface area contributed by atoms with Crippen molar-refractivity contribution in [1.82, 2.24) is 10.6 Å². The first kappa shape index (κ1) is 14.0. The van der Waals surface area contributed by atoms with Crippen molar-refractivity contribution in [3.8, 4) is 0 Å². The number of fused-ring (bicyclic) bond motifs is 1. The van der Waals surface area contributed by atoms with E-state index in [0.29, 0.717) is 17.8 Å². The lowest BCUT2D eigenvalue weighted by Gasteiger charge is -2.14. The maximum absolute atomic E-state index is 12.0. The molecule has 1 heterocycles. The third kappa shape index (κ3) is 3.14. The van der Waals surface area contributed by atoms with E-state index in [9.17, 15) is 14.4 Å². The molecule has 1 aliphatic heterocycles. The highest BCUT2D eigenvalue weighted by Crippen LogP contribution is 2.18. The van der Waals surface area contributed by atoms with Crippen LogP contribution in [0, 0.1) is 0 Å². The Kier molecular flexibility index (Phi) is 4.34. The second-order valence-corrected chi connectivity index (χ2v) is 4.61. The van der Waals surface area contributed by atoms with Crippen LogP contribution in [0.25, 0.3) is 0 Å². The van der Waals surface area contributed by atoms with Crippen molar-refractivity contribution in [2.45, 2.75) is 25.8 Å². The van der Waals surface area contributed by atoms with Gasteiger partial charge in [-0.1, -0.05) is 19.1 Å². The molecule has 3 amide bonds. The first-order valence-electron chi connectivity index (χ1n) is 6.59. The molecule has 0 saturated carbocycles. The summed E-state index contributed by atoms with van der Waals surface area (Å²) in [5.74, 6) is -0.986. The van der Waals surface area contributed by atoms with Crippen LogP contribution in [-0.4, -0.2) is 30.3 Å². The highest BCUT2D eigenvalue weighted by Gasteiger charge is 2.29. The van der Waals surface area contributed by atoms with Crippen LogP contribution < -0.4 is 16.0 Å². The van der Waals surface area contributed by atoms with Crippen molar-refractivity contribution in [1.29, 1.82) is 0 Å². The second kappa shape index (κ2) is 6.18. The minimum absolute atomic E-state index is 0.0639. The smallest absolute Gasteiger partial charge is 0.254 e. The highest BCUT2D eigenvalue weighted by atomic mass is 16.2. The molecule has 1 aromatic carbocycles. The number of nitrogens with one attached hydrogen (secondary N) is 3. The zero-order chi connectivity index (χ0) is 14.5. The topological polar surface area (TPSA) is 87.3 Å². The summed E-state index contributed by atoms with van der Waals surface area (Å²) >= 11 is 0. The van der Waals surface area contributed by atoms with Crippen LogP contribution in [0.3, 0.4) is 0 Å². The van der Waals surface area contributed by atoms with E-state index in [1.807, 2.05) is 6.92 Å². The van der Waals surface area contributed by atoms with Crippen LogP contribution in [0.1, 0.15) is 30.1 Å². The molecule has 0 aromatic heterocycles. The third-order valence-corrected chi connectivity index (χ3v) is 3.01. The number of carbonyl (C=O) groups is 3. The highest BCUT2D eigenvalue weighted by molar-refractivity contribution is 6.10. The van der Waals surface area contributed by atoms with Crippen LogP contribution in [0.15, 0.2) is 24.3 Å². The van der Waals surface area contributed by atoms with Crippen molar-refractivity contribution in [2.24, 2.45) is 0 Å². The maximum Gasteiger partial charge on any atom is 0.254 e. The number of anilines is 1. The predicted molar refractivity (Wildman–Crippen MR) is 74.2 cm³/mol. The Labute approximate surface area is 116 Å². The molecule has 1 aromatic rings. The zero-order valence-electron chi connectivity index (χ0n) is 11.2. The molecule has 0 aliphatic carbocycles. The van der Waals surface area contributed by atoms with Gasteiger partial charge in [0.05, 0.1) is 17.7 Å². The van der Waals surface area contributed by atoms with Gasteiger partial charge in [0, 0.05) is 6.54 Å². The van der Waals surface area contributed by atoms with Crippen molar-refractivity contribution >= 4 is 23.4 Å². The van der Waals surface area contributed by atoms with Crippen LogP contribution in [0.5, 0.6) is 0 Å². The summed E-state index contributed by atoms with van der Waals surface area (Å²) in [6.07, 6.45) is 0.756. The fourth-order valence-corrected chi connectivity index (χ4v) is 1.98. The van der Waals surface area contributed by atoms with E-state index in [4.69, 9.17) is 0 Å². The molecule has 0 bridgehead atoms. The summed E-state index contributed by atoms with van der Waals surface area (Å²) in [5.41, 5.74) is 0.865. The first-order valence-corrected chi connectivity index (χ1v) is 6.59. The molecule has 106 valence electrons. The van der Waals surface area contributed by atoms with Gasteiger partial charge in [-0.2, -0.15) is 0 Å². The summed E-state index contributed by atoms with van der Waals surface area (Å²) in [6.45, 7) is 2.50. The van der Waals surface area contributed by atoms with E-state index < -0.39 is 6.04 Å². The van der Waals surface area contributed by atoms with Crippen molar-refractivity contribution in [3.63, 3.8) is 0 Å². The van der Waals surface area contributed by atoms with Crippen LogP contribution in [0.4, 0.5) is 5.69 Å². The number of hydrogen-bond donors (Lipinski definition) is 3. The number of rotatable bonds is 4. The Balaban J connectivity index is 2.09. The van der Waals surface area contributed by atoms with Gasteiger partial charge in [0.1, 0.15) is 6.04 Å².